The van der Waals surface area contributed by atoms with Gasteiger partial charge in [-0.15, -0.1) is 0 Å². The lowest BCUT2D eigenvalue weighted by molar-refractivity contribution is -0.111. The molecule has 4 rings (SSSR count). The second-order valence-corrected chi connectivity index (χ2v) is 8.10. The predicted molar refractivity (Wildman–Crippen MR) is 134 cm³/mol. The molecule has 1 heterocycles. The molecule has 1 N–H and O–H groups in total. The van der Waals surface area contributed by atoms with Crippen LogP contribution in [-0.4, -0.2) is 26.1 Å². The average molecular weight is 443 g/mol. The highest BCUT2D eigenvalue weighted by molar-refractivity contribution is 6.02. The van der Waals surface area contributed by atoms with Crippen molar-refractivity contribution in [2.24, 2.45) is 0 Å². The second kappa shape index (κ2) is 11.2. The van der Waals surface area contributed by atoms with Gasteiger partial charge in [-0.2, -0.15) is 0 Å². The smallest absolute Gasteiger partial charge is 0.248 e. The topological polar surface area (TPSA) is 50.8 Å². The largest absolute Gasteiger partial charge is 0.493 e. The summed E-state index contributed by atoms with van der Waals surface area (Å²) in [5.41, 5.74) is 3.94. The van der Waals surface area contributed by atoms with Crippen molar-refractivity contribution in [3.63, 3.8) is 0 Å². The number of hydrogen-bond acceptors (Lipinski definition) is 4. The first kappa shape index (κ1) is 22.5. The van der Waals surface area contributed by atoms with Crippen molar-refractivity contribution in [2.75, 3.05) is 30.4 Å². The summed E-state index contributed by atoms with van der Waals surface area (Å²) in [7, 11) is 1.61. The first-order valence-corrected chi connectivity index (χ1v) is 11.4. The van der Waals surface area contributed by atoms with E-state index in [0.717, 1.165) is 29.9 Å². The minimum Gasteiger partial charge on any atom is -0.493 e. The lowest BCUT2D eigenvalue weighted by Crippen LogP contribution is -2.29. The van der Waals surface area contributed by atoms with Crippen LogP contribution in [-0.2, 0) is 11.4 Å². The van der Waals surface area contributed by atoms with Gasteiger partial charge in [0, 0.05) is 30.5 Å². The molecule has 1 aliphatic rings. The highest BCUT2D eigenvalue weighted by Gasteiger charge is 2.11. The number of nitrogens with zero attached hydrogens (tertiary/aromatic N) is 1. The lowest BCUT2D eigenvalue weighted by atomic mass is 10.1. The Morgan fingerprint density at radius 1 is 0.939 bits per heavy atom. The number of piperidine rings is 1. The minimum atomic E-state index is -0.177. The van der Waals surface area contributed by atoms with Gasteiger partial charge in [0.25, 0.3) is 0 Å². The van der Waals surface area contributed by atoms with Crippen molar-refractivity contribution in [1.29, 1.82) is 0 Å². The molecule has 170 valence electrons. The summed E-state index contributed by atoms with van der Waals surface area (Å²) < 4.78 is 11.4. The molecule has 0 saturated carbocycles. The van der Waals surface area contributed by atoms with Crippen molar-refractivity contribution in [2.45, 2.75) is 25.9 Å². The van der Waals surface area contributed by atoms with Gasteiger partial charge in [-0.05, 0) is 72.9 Å². The van der Waals surface area contributed by atoms with Crippen molar-refractivity contribution in [3.05, 3.63) is 90.0 Å². The van der Waals surface area contributed by atoms with E-state index in [9.17, 15) is 4.79 Å². The number of carbonyl (C=O) groups excluding carboxylic acids is 1. The number of nitrogens with one attached hydrogen (secondary N) is 1. The third kappa shape index (κ3) is 6.39. The highest BCUT2D eigenvalue weighted by Crippen LogP contribution is 2.29. The number of amides is 1. The third-order valence-corrected chi connectivity index (χ3v) is 5.71. The first-order chi connectivity index (χ1) is 16.2. The van der Waals surface area contributed by atoms with Crippen LogP contribution in [0.2, 0.25) is 0 Å². The Labute approximate surface area is 195 Å². The molecule has 3 aromatic rings. The average Bonchev–Trinajstić information content (AvgIpc) is 2.88. The number of benzene rings is 3. The zero-order valence-corrected chi connectivity index (χ0v) is 19.0. The van der Waals surface area contributed by atoms with Gasteiger partial charge >= 0.3 is 0 Å². The summed E-state index contributed by atoms with van der Waals surface area (Å²) in [5.74, 6) is 1.11. The molecular formula is C28H30N2O3. The van der Waals surface area contributed by atoms with Gasteiger partial charge in [0.1, 0.15) is 6.61 Å². The van der Waals surface area contributed by atoms with E-state index in [4.69, 9.17) is 9.47 Å². The normalized spacial score (nSPS) is 13.7. The molecule has 1 fully saturated rings. The SMILES string of the molecule is COc1cc(/C=C/C(=O)Nc2ccc(N3CCCCC3)cc2)ccc1OCc1ccccc1. The van der Waals surface area contributed by atoms with Crippen LogP contribution in [0.15, 0.2) is 78.9 Å². The van der Waals surface area contributed by atoms with Crippen LogP contribution in [0.25, 0.3) is 6.08 Å². The van der Waals surface area contributed by atoms with Crippen LogP contribution in [0.4, 0.5) is 11.4 Å². The molecule has 1 amide bonds. The standard InChI is InChI=1S/C28H30N2O3/c1-32-27-20-22(10-16-26(27)33-21-23-8-4-2-5-9-23)11-17-28(31)29-24-12-14-25(15-13-24)30-18-6-3-7-19-30/h2,4-5,8-17,20H,3,6-7,18-19,21H2,1H3,(H,29,31)/b17-11+. The quantitative estimate of drug-likeness (QED) is 0.440. The molecular weight excluding hydrogens is 412 g/mol. The Kier molecular flexibility index (Phi) is 7.64. The number of hydrogen-bond donors (Lipinski definition) is 1. The minimum absolute atomic E-state index is 0.177. The van der Waals surface area contributed by atoms with Gasteiger partial charge in [0.15, 0.2) is 11.5 Å². The molecule has 0 atom stereocenters. The van der Waals surface area contributed by atoms with Gasteiger partial charge in [-0.1, -0.05) is 36.4 Å². The fraction of sp³-hybridized carbons (Fsp3) is 0.250. The molecule has 3 aromatic carbocycles. The van der Waals surface area contributed by atoms with Crippen LogP contribution >= 0.6 is 0 Å². The molecule has 0 spiro atoms. The number of anilines is 2. The van der Waals surface area contributed by atoms with Gasteiger partial charge in [-0.3, -0.25) is 4.79 Å². The third-order valence-electron chi connectivity index (χ3n) is 5.71. The van der Waals surface area contributed by atoms with E-state index >= 15 is 0 Å². The Bertz CT molecular complexity index is 1070. The summed E-state index contributed by atoms with van der Waals surface area (Å²) in [6.07, 6.45) is 7.09. The summed E-state index contributed by atoms with van der Waals surface area (Å²) in [4.78, 5) is 14.8. The first-order valence-electron chi connectivity index (χ1n) is 11.4. The molecule has 0 unspecified atom stereocenters. The zero-order chi connectivity index (χ0) is 22.9. The van der Waals surface area contributed by atoms with Crippen molar-refractivity contribution < 1.29 is 14.3 Å². The van der Waals surface area contributed by atoms with Crippen molar-refractivity contribution >= 4 is 23.4 Å². The summed E-state index contributed by atoms with van der Waals surface area (Å²) in [6.45, 7) is 2.67. The van der Waals surface area contributed by atoms with Crippen LogP contribution in [0, 0.1) is 0 Å². The van der Waals surface area contributed by atoms with Crippen LogP contribution in [0.1, 0.15) is 30.4 Å². The zero-order valence-electron chi connectivity index (χ0n) is 19.0. The van der Waals surface area contributed by atoms with Crippen LogP contribution in [0.3, 0.4) is 0 Å². The molecule has 5 nitrogen and oxygen atoms in total. The maximum Gasteiger partial charge on any atom is 0.248 e. The number of ether oxygens (including phenoxy) is 2. The number of carbonyl (C=O) groups is 1. The van der Waals surface area contributed by atoms with Crippen molar-refractivity contribution in [3.8, 4) is 11.5 Å². The van der Waals surface area contributed by atoms with Gasteiger partial charge in [0.2, 0.25) is 5.91 Å². The van der Waals surface area contributed by atoms with E-state index in [-0.39, 0.29) is 5.91 Å². The van der Waals surface area contributed by atoms with E-state index in [1.54, 1.807) is 13.2 Å². The summed E-state index contributed by atoms with van der Waals surface area (Å²) in [5, 5.41) is 2.92. The maximum absolute atomic E-state index is 12.4. The van der Waals surface area contributed by atoms with E-state index in [2.05, 4.69) is 22.3 Å². The molecule has 1 saturated heterocycles. The number of rotatable bonds is 8. The van der Waals surface area contributed by atoms with E-state index in [0.29, 0.717) is 18.1 Å². The molecule has 0 radical (unpaired) electrons. The van der Waals surface area contributed by atoms with E-state index in [1.165, 1.54) is 31.0 Å². The Morgan fingerprint density at radius 3 is 2.42 bits per heavy atom. The van der Waals surface area contributed by atoms with Gasteiger partial charge < -0.3 is 19.7 Å². The van der Waals surface area contributed by atoms with Gasteiger partial charge in [-0.25, -0.2) is 0 Å². The summed E-state index contributed by atoms with van der Waals surface area (Å²) in [6, 6.07) is 23.7. The van der Waals surface area contributed by atoms with E-state index < -0.39 is 0 Å². The number of methoxy groups -OCH3 is 1. The summed E-state index contributed by atoms with van der Waals surface area (Å²) >= 11 is 0. The van der Waals surface area contributed by atoms with Crippen LogP contribution < -0.4 is 19.7 Å². The monoisotopic (exact) mass is 442 g/mol. The molecule has 1 aliphatic heterocycles. The maximum atomic E-state index is 12.4. The predicted octanol–water partition coefficient (Wildman–Crippen LogP) is 5.92. The van der Waals surface area contributed by atoms with Crippen LogP contribution in [0.5, 0.6) is 11.5 Å². The lowest BCUT2D eigenvalue weighted by Gasteiger charge is -2.28. The van der Waals surface area contributed by atoms with Gasteiger partial charge in [0.05, 0.1) is 7.11 Å². The molecule has 5 heteroatoms. The Balaban J connectivity index is 1.33. The Morgan fingerprint density at radius 2 is 1.70 bits per heavy atom. The van der Waals surface area contributed by atoms with Crippen molar-refractivity contribution in [1.82, 2.24) is 0 Å². The van der Waals surface area contributed by atoms with E-state index in [1.807, 2.05) is 60.7 Å². The molecule has 0 aromatic heterocycles. The fourth-order valence-electron chi connectivity index (χ4n) is 3.91. The Hall–Kier alpha value is -3.73. The molecule has 0 aliphatic carbocycles. The second-order valence-electron chi connectivity index (χ2n) is 8.10. The fourth-order valence-corrected chi connectivity index (χ4v) is 3.91. The molecule has 33 heavy (non-hydrogen) atoms. The molecule has 0 bridgehead atoms. The highest BCUT2D eigenvalue weighted by atomic mass is 16.5.